The summed E-state index contributed by atoms with van der Waals surface area (Å²) in [5.41, 5.74) is 2.14. The van der Waals surface area contributed by atoms with Gasteiger partial charge in [0.25, 0.3) is 5.91 Å². The second-order valence-corrected chi connectivity index (χ2v) is 8.75. The zero-order valence-corrected chi connectivity index (χ0v) is 19.7. The molecule has 1 aromatic heterocycles. The number of anilines is 2. The third kappa shape index (κ3) is 7.35. The summed E-state index contributed by atoms with van der Waals surface area (Å²) < 4.78 is 19.1. The van der Waals surface area contributed by atoms with Crippen LogP contribution < -0.4 is 15.4 Å². The van der Waals surface area contributed by atoms with Gasteiger partial charge in [-0.25, -0.2) is 9.37 Å². The molecule has 0 bridgehead atoms. The maximum atomic E-state index is 13.1. The maximum absolute atomic E-state index is 13.1. The van der Waals surface area contributed by atoms with E-state index in [1.54, 1.807) is 18.2 Å². The van der Waals surface area contributed by atoms with Gasteiger partial charge in [0.2, 0.25) is 5.91 Å². The monoisotopic (exact) mass is 476 g/mol. The van der Waals surface area contributed by atoms with Crippen LogP contribution in [0, 0.1) is 11.7 Å². The Morgan fingerprint density at radius 3 is 2.57 bits per heavy atom. The number of benzene rings is 2. The van der Waals surface area contributed by atoms with Crippen LogP contribution in [-0.2, 0) is 11.3 Å². The fourth-order valence-electron chi connectivity index (χ4n) is 4.06. The molecule has 1 saturated heterocycles. The average Bonchev–Trinajstić information content (AvgIpc) is 2.85. The predicted octanol–water partition coefficient (Wildman–Crippen LogP) is 4.72. The van der Waals surface area contributed by atoms with Crippen molar-refractivity contribution >= 4 is 23.3 Å². The van der Waals surface area contributed by atoms with Gasteiger partial charge in [0, 0.05) is 37.0 Å². The van der Waals surface area contributed by atoms with E-state index in [-0.39, 0.29) is 17.6 Å². The molecule has 35 heavy (non-hydrogen) atoms. The third-order valence-electron chi connectivity index (χ3n) is 5.93. The molecule has 182 valence electrons. The van der Waals surface area contributed by atoms with Crippen molar-refractivity contribution in [3.63, 3.8) is 0 Å². The number of piperidine rings is 1. The minimum atomic E-state index is -0.301. The van der Waals surface area contributed by atoms with Crippen LogP contribution in [0.5, 0.6) is 5.75 Å². The molecule has 2 heterocycles. The van der Waals surface area contributed by atoms with Gasteiger partial charge in [0.05, 0.1) is 6.61 Å². The van der Waals surface area contributed by atoms with Gasteiger partial charge in [-0.2, -0.15) is 0 Å². The first-order valence-electron chi connectivity index (χ1n) is 11.7. The van der Waals surface area contributed by atoms with Crippen molar-refractivity contribution in [2.75, 3.05) is 30.3 Å². The van der Waals surface area contributed by atoms with Crippen molar-refractivity contribution in [2.45, 2.75) is 26.3 Å². The Balaban J connectivity index is 1.25. The molecule has 2 amide bonds. The number of nitrogens with zero attached hydrogens (tertiary/aromatic N) is 2. The zero-order valence-electron chi connectivity index (χ0n) is 19.7. The minimum absolute atomic E-state index is 0.207. The van der Waals surface area contributed by atoms with Crippen LogP contribution in [-0.4, -0.2) is 41.4 Å². The number of amides is 2. The molecule has 0 aliphatic carbocycles. The van der Waals surface area contributed by atoms with Gasteiger partial charge in [-0.05, 0) is 73.8 Å². The van der Waals surface area contributed by atoms with Gasteiger partial charge >= 0.3 is 0 Å². The standard InChI is InChI=1S/C27H29FN4O3/c1-19(33)30-26-15-22(9-12-29-26)27(34)31-24-3-2-4-25(16-24)35-18-21-10-13-32(14-11-21)17-20-5-7-23(28)8-6-20/h2-9,12,15-16,21H,10-11,13-14,17-18H2,1H3,(H,31,34)(H,29,30,33). The summed E-state index contributed by atoms with van der Waals surface area (Å²) in [6.45, 7) is 4.80. The van der Waals surface area contributed by atoms with Crippen molar-refractivity contribution in [3.8, 4) is 5.75 Å². The number of pyridine rings is 1. The van der Waals surface area contributed by atoms with Crippen molar-refractivity contribution in [1.82, 2.24) is 9.88 Å². The Morgan fingerprint density at radius 1 is 1.06 bits per heavy atom. The Hall–Kier alpha value is -3.78. The molecular formula is C27H29FN4O3. The second-order valence-electron chi connectivity index (χ2n) is 8.75. The lowest BCUT2D eigenvalue weighted by atomic mass is 9.97. The Labute approximate surface area is 204 Å². The molecule has 2 aromatic carbocycles. The van der Waals surface area contributed by atoms with Crippen LogP contribution in [0.1, 0.15) is 35.7 Å². The summed E-state index contributed by atoms with van der Waals surface area (Å²) in [6.07, 6.45) is 3.55. The highest BCUT2D eigenvalue weighted by Gasteiger charge is 2.20. The number of aromatic nitrogens is 1. The van der Waals surface area contributed by atoms with Gasteiger partial charge in [-0.3, -0.25) is 14.5 Å². The van der Waals surface area contributed by atoms with E-state index in [1.165, 1.54) is 31.3 Å². The number of rotatable bonds is 8. The van der Waals surface area contributed by atoms with Crippen molar-refractivity contribution in [2.24, 2.45) is 5.92 Å². The highest BCUT2D eigenvalue weighted by atomic mass is 19.1. The van der Waals surface area contributed by atoms with Gasteiger partial charge in [0.15, 0.2) is 0 Å². The normalized spacial score (nSPS) is 14.3. The topological polar surface area (TPSA) is 83.6 Å². The first kappa shape index (κ1) is 24.3. The summed E-state index contributed by atoms with van der Waals surface area (Å²) in [4.78, 5) is 30.3. The lowest BCUT2D eigenvalue weighted by Gasteiger charge is -2.31. The number of ether oxygens (including phenoxy) is 1. The summed E-state index contributed by atoms with van der Waals surface area (Å²) in [5.74, 6) is 0.725. The molecule has 7 nitrogen and oxygen atoms in total. The van der Waals surface area contributed by atoms with Crippen molar-refractivity contribution < 1.29 is 18.7 Å². The van der Waals surface area contributed by atoms with Crippen molar-refractivity contribution in [3.05, 3.63) is 83.8 Å². The molecule has 0 atom stereocenters. The lowest BCUT2D eigenvalue weighted by Crippen LogP contribution is -2.35. The van der Waals surface area contributed by atoms with Gasteiger partial charge in [0.1, 0.15) is 17.4 Å². The molecule has 3 aromatic rings. The fourth-order valence-corrected chi connectivity index (χ4v) is 4.06. The summed E-state index contributed by atoms with van der Waals surface area (Å²) in [5, 5.41) is 5.43. The Morgan fingerprint density at radius 2 is 1.83 bits per heavy atom. The van der Waals surface area contributed by atoms with E-state index < -0.39 is 0 Å². The number of hydrogen-bond donors (Lipinski definition) is 2. The molecule has 1 fully saturated rings. The first-order valence-corrected chi connectivity index (χ1v) is 11.7. The Kier molecular flexibility index (Phi) is 8.05. The molecule has 0 unspecified atom stereocenters. The number of carbonyl (C=O) groups excluding carboxylic acids is 2. The van der Waals surface area contributed by atoms with E-state index in [0.717, 1.165) is 38.0 Å². The number of hydrogen-bond acceptors (Lipinski definition) is 5. The van der Waals surface area contributed by atoms with E-state index in [2.05, 4.69) is 20.5 Å². The number of carbonyl (C=O) groups is 2. The number of likely N-dealkylation sites (tertiary alicyclic amines) is 1. The molecule has 1 aliphatic heterocycles. The molecule has 0 spiro atoms. The largest absolute Gasteiger partial charge is 0.493 e. The van der Waals surface area contributed by atoms with Crippen LogP contribution in [0.4, 0.5) is 15.9 Å². The molecule has 0 radical (unpaired) electrons. The molecule has 0 saturated carbocycles. The van der Waals surface area contributed by atoms with Gasteiger partial charge in [-0.15, -0.1) is 0 Å². The highest BCUT2D eigenvalue weighted by molar-refractivity contribution is 6.05. The van der Waals surface area contributed by atoms with E-state index in [1.807, 2.05) is 24.3 Å². The van der Waals surface area contributed by atoms with E-state index in [0.29, 0.717) is 35.3 Å². The van der Waals surface area contributed by atoms with Crippen LogP contribution in [0.25, 0.3) is 0 Å². The van der Waals surface area contributed by atoms with Crippen LogP contribution in [0.15, 0.2) is 66.9 Å². The molecular weight excluding hydrogens is 447 g/mol. The van der Waals surface area contributed by atoms with Crippen molar-refractivity contribution in [1.29, 1.82) is 0 Å². The quantitative estimate of drug-likeness (QED) is 0.492. The van der Waals surface area contributed by atoms with Gasteiger partial charge < -0.3 is 15.4 Å². The lowest BCUT2D eigenvalue weighted by molar-refractivity contribution is -0.114. The second kappa shape index (κ2) is 11.6. The summed E-state index contributed by atoms with van der Waals surface area (Å²) in [7, 11) is 0. The van der Waals surface area contributed by atoms with E-state index in [9.17, 15) is 14.0 Å². The fraction of sp³-hybridized carbons (Fsp3) is 0.296. The van der Waals surface area contributed by atoms with E-state index in [4.69, 9.17) is 4.74 Å². The SMILES string of the molecule is CC(=O)Nc1cc(C(=O)Nc2cccc(OCC3CCN(Cc4ccc(F)cc4)CC3)c2)ccn1. The van der Waals surface area contributed by atoms with E-state index >= 15 is 0 Å². The smallest absolute Gasteiger partial charge is 0.255 e. The van der Waals surface area contributed by atoms with Crippen LogP contribution >= 0.6 is 0 Å². The van der Waals surface area contributed by atoms with Gasteiger partial charge in [-0.1, -0.05) is 18.2 Å². The molecule has 8 heteroatoms. The predicted molar refractivity (Wildman–Crippen MR) is 133 cm³/mol. The Bertz CT molecular complexity index is 1160. The van der Waals surface area contributed by atoms with Crippen LogP contribution in [0.2, 0.25) is 0 Å². The highest BCUT2D eigenvalue weighted by Crippen LogP contribution is 2.23. The molecule has 2 N–H and O–H groups in total. The summed E-state index contributed by atoms with van der Waals surface area (Å²) >= 11 is 0. The zero-order chi connectivity index (χ0) is 24.6. The molecule has 4 rings (SSSR count). The minimum Gasteiger partial charge on any atom is -0.493 e. The maximum Gasteiger partial charge on any atom is 0.255 e. The number of nitrogens with one attached hydrogen (secondary N) is 2. The number of halogens is 1. The van der Waals surface area contributed by atoms with Crippen LogP contribution in [0.3, 0.4) is 0 Å². The summed E-state index contributed by atoms with van der Waals surface area (Å²) in [6, 6.07) is 17.1. The molecule has 1 aliphatic rings. The first-order chi connectivity index (χ1) is 16.9. The third-order valence-corrected chi connectivity index (χ3v) is 5.93. The average molecular weight is 477 g/mol.